The molecule has 0 fully saturated rings. The van der Waals surface area contributed by atoms with E-state index >= 15 is 0 Å². The summed E-state index contributed by atoms with van der Waals surface area (Å²) in [5.74, 6) is 0. The molecule has 1 aliphatic heterocycles. The molecule has 0 saturated carbocycles. The Morgan fingerprint density at radius 2 is 1.95 bits per heavy atom. The molecule has 112 valence electrons. The molecule has 1 atom stereocenters. The lowest BCUT2D eigenvalue weighted by Crippen LogP contribution is -2.33. The van der Waals surface area contributed by atoms with E-state index in [9.17, 15) is 5.11 Å². The molecule has 3 heteroatoms. The van der Waals surface area contributed by atoms with Gasteiger partial charge in [-0.25, -0.2) is 0 Å². The lowest BCUT2D eigenvalue weighted by atomic mass is 10.0. The second-order valence-electron chi connectivity index (χ2n) is 5.98. The van der Waals surface area contributed by atoms with E-state index in [0.29, 0.717) is 6.54 Å². The molecule has 2 nitrogen and oxygen atoms in total. The van der Waals surface area contributed by atoms with E-state index < -0.39 is 6.10 Å². The molecule has 1 unspecified atom stereocenters. The topological polar surface area (TPSA) is 23.5 Å². The fourth-order valence-electron chi connectivity index (χ4n) is 3.23. The van der Waals surface area contributed by atoms with Crippen molar-refractivity contribution in [3.05, 3.63) is 69.9 Å². The molecule has 1 aromatic heterocycles. The van der Waals surface area contributed by atoms with Gasteiger partial charge >= 0.3 is 0 Å². The standard InChI is InChI=1S/C19H19NOS/c21-18(13-20-9-7-19-17(12-20)8-10-22-19)16-6-5-14-3-1-2-4-15(14)11-16/h1-6,8,10-11,18,21H,7,9,12-13H2. The zero-order valence-electron chi connectivity index (χ0n) is 12.4. The van der Waals surface area contributed by atoms with Crippen LogP contribution in [-0.4, -0.2) is 23.1 Å². The van der Waals surface area contributed by atoms with Gasteiger partial charge in [0.2, 0.25) is 0 Å². The van der Waals surface area contributed by atoms with Crippen molar-refractivity contribution in [3.63, 3.8) is 0 Å². The van der Waals surface area contributed by atoms with Gasteiger partial charge in [0.15, 0.2) is 0 Å². The largest absolute Gasteiger partial charge is 0.387 e. The number of benzene rings is 2. The lowest BCUT2D eigenvalue weighted by molar-refractivity contribution is 0.106. The van der Waals surface area contributed by atoms with Gasteiger partial charge in [-0.15, -0.1) is 11.3 Å². The Bertz CT molecular complexity index is 795. The first-order chi connectivity index (χ1) is 10.8. The van der Waals surface area contributed by atoms with E-state index in [1.165, 1.54) is 21.2 Å². The van der Waals surface area contributed by atoms with E-state index in [0.717, 1.165) is 25.1 Å². The second kappa shape index (κ2) is 5.84. The summed E-state index contributed by atoms with van der Waals surface area (Å²) in [5.41, 5.74) is 2.44. The highest BCUT2D eigenvalue weighted by Gasteiger charge is 2.20. The molecule has 0 bridgehead atoms. The molecule has 0 spiro atoms. The maximum atomic E-state index is 10.6. The van der Waals surface area contributed by atoms with Gasteiger partial charge in [0.1, 0.15) is 0 Å². The summed E-state index contributed by atoms with van der Waals surface area (Å²) in [6.45, 7) is 2.70. The first kappa shape index (κ1) is 13.9. The smallest absolute Gasteiger partial charge is 0.0917 e. The molecule has 0 radical (unpaired) electrons. The number of hydrogen-bond acceptors (Lipinski definition) is 3. The Kier molecular flexibility index (Phi) is 3.70. The zero-order chi connectivity index (χ0) is 14.9. The molecule has 0 aliphatic carbocycles. The Balaban J connectivity index is 1.50. The molecular weight excluding hydrogens is 290 g/mol. The van der Waals surface area contributed by atoms with Crippen LogP contribution in [0.5, 0.6) is 0 Å². The maximum Gasteiger partial charge on any atom is 0.0917 e. The molecule has 1 aliphatic rings. The summed E-state index contributed by atoms with van der Waals surface area (Å²) in [4.78, 5) is 3.87. The summed E-state index contributed by atoms with van der Waals surface area (Å²) in [7, 11) is 0. The van der Waals surface area contributed by atoms with Gasteiger partial charge in [-0.3, -0.25) is 4.90 Å². The van der Waals surface area contributed by atoms with Crippen molar-refractivity contribution in [3.8, 4) is 0 Å². The maximum absolute atomic E-state index is 10.6. The van der Waals surface area contributed by atoms with Crippen molar-refractivity contribution in [2.75, 3.05) is 13.1 Å². The summed E-state index contributed by atoms with van der Waals surface area (Å²) in [6, 6.07) is 16.8. The van der Waals surface area contributed by atoms with Crippen molar-refractivity contribution in [1.82, 2.24) is 4.90 Å². The molecule has 1 N–H and O–H groups in total. The van der Waals surface area contributed by atoms with Crippen LogP contribution in [0.3, 0.4) is 0 Å². The Labute approximate surface area is 134 Å². The molecule has 2 heterocycles. The predicted molar refractivity (Wildman–Crippen MR) is 92.2 cm³/mol. The van der Waals surface area contributed by atoms with Gasteiger partial charge < -0.3 is 5.11 Å². The van der Waals surface area contributed by atoms with Crippen LogP contribution < -0.4 is 0 Å². The van der Waals surface area contributed by atoms with Crippen molar-refractivity contribution in [2.24, 2.45) is 0 Å². The molecule has 2 aromatic carbocycles. The van der Waals surface area contributed by atoms with Crippen LogP contribution >= 0.6 is 11.3 Å². The number of aliphatic hydroxyl groups excluding tert-OH is 1. The average molecular weight is 309 g/mol. The summed E-state index contributed by atoms with van der Waals surface area (Å²) in [5, 5.41) is 15.2. The summed E-state index contributed by atoms with van der Waals surface area (Å²) >= 11 is 1.85. The van der Waals surface area contributed by atoms with E-state index in [-0.39, 0.29) is 0 Å². The van der Waals surface area contributed by atoms with Crippen LogP contribution in [-0.2, 0) is 13.0 Å². The van der Waals surface area contributed by atoms with Crippen molar-refractivity contribution in [1.29, 1.82) is 0 Å². The summed E-state index contributed by atoms with van der Waals surface area (Å²) < 4.78 is 0. The van der Waals surface area contributed by atoms with Crippen LogP contribution in [0.1, 0.15) is 22.1 Å². The second-order valence-corrected chi connectivity index (χ2v) is 6.98. The zero-order valence-corrected chi connectivity index (χ0v) is 13.2. The molecular formula is C19H19NOS. The molecule has 0 saturated heterocycles. The highest BCUT2D eigenvalue weighted by Crippen LogP contribution is 2.26. The number of hydrogen-bond donors (Lipinski definition) is 1. The fourth-order valence-corrected chi connectivity index (χ4v) is 4.12. The average Bonchev–Trinajstić information content (AvgIpc) is 3.02. The van der Waals surface area contributed by atoms with Gasteiger partial charge in [0.05, 0.1) is 6.10 Å². The predicted octanol–water partition coefficient (Wildman–Crippen LogP) is 3.99. The van der Waals surface area contributed by atoms with Crippen LogP contribution in [0.25, 0.3) is 10.8 Å². The van der Waals surface area contributed by atoms with Gasteiger partial charge in [-0.1, -0.05) is 36.4 Å². The van der Waals surface area contributed by atoms with Crippen molar-refractivity contribution in [2.45, 2.75) is 19.1 Å². The normalized spacial score (nSPS) is 16.6. The number of fused-ring (bicyclic) bond motifs is 2. The highest BCUT2D eigenvalue weighted by molar-refractivity contribution is 7.10. The van der Waals surface area contributed by atoms with Crippen LogP contribution in [0.4, 0.5) is 0 Å². The van der Waals surface area contributed by atoms with Gasteiger partial charge in [0.25, 0.3) is 0 Å². The number of β-amino-alcohol motifs (C(OH)–C–C–N with tert-alkyl or cyclic N) is 1. The summed E-state index contributed by atoms with van der Waals surface area (Å²) in [6.07, 6.45) is 0.682. The first-order valence-corrected chi connectivity index (χ1v) is 8.62. The highest BCUT2D eigenvalue weighted by atomic mass is 32.1. The van der Waals surface area contributed by atoms with Crippen LogP contribution in [0.15, 0.2) is 53.9 Å². The van der Waals surface area contributed by atoms with Gasteiger partial charge in [-0.05, 0) is 45.8 Å². The number of aliphatic hydroxyl groups is 1. The number of nitrogens with zero attached hydrogens (tertiary/aromatic N) is 1. The molecule has 0 amide bonds. The van der Waals surface area contributed by atoms with E-state index in [2.05, 4.69) is 40.6 Å². The Morgan fingerprint density at radius 3 is 2.86 bits per heavy atom. The van der Waals surface area contributed by atoms with E-state index in [4.69, 9.17) is 0 Å². The fraction of sp³-hybridized carbons (Fsp3) is 0.263. The van der Waals surface area contributed by atoms with Crippen LogP contribution in [0, 0.1) is 0 Å². The van der Waals surface area contributed by atoms with E-state index in [1.54, 1.807) is 0 Å². The molecule has 22 heavy (non-hydrogen) atoms. The SMILES string of the molecule is OC(CN1CCc2sccc2C1)c1ccc2ccccc2c1. The quantitative estimate of drug-likeness (QED) is 0.790. The van der Waals surface area contributed by atoms with Crippen molar-refractivity contribution >= 4 is 22.1 Å². The monoisotopic (exact) mass is 309 g/mol. The van der Waals surface area contributed by atoms with Gasteiger partial charge in [-0.2, -0.15) is 0 Å². The number of rotatable bonds is 3. The minimum atomic E-state index is -0.426. The van der Waals surface area contributed by atoms with E-state index in [1.807, 2.05) is 29.5 Å². The first-order valence-electron chi connectivity index (χ1n) is 7.74. The molecule has 3 aromatic rings. The Morgan fingerprint density at radius 1 is 1.09 bits per heavy atom. The third-order valence-corrected chi connectivity index (χ3v) is 5.50. The van der Waals surface area contributed by atoms with Gasteiger partial charge in [0, 0.05) is 24.5 Å². The lowest BCUT2D eigenvalue weighted by Gasteiger charge is -2.29. The Hall–Kier alpha value is -1.68. The third kappa shape index (κ3) is 2.68. The van der Waals surface area contributed by atoms with Crippen molar-refractivity contribution < 1.29 is 5.11 Å². The third-order valence-electron chi connectivity index (χ3n) is 4.48. The molecule has 4 rings (SSSR count). The minimum absolute atomic E-state index is 0.426. The van der Waals surface area contributed by atoms with Crippen LogP contribution in [0.2, 0.25) is 0 Å². The minimum Gasteiger partial charge on any atom is -0.387 e. The number of thiophene rings is 1.